The molecular formula is C44H82O5. The van der Waals surface area contributed by atoms with Gasteiger partial charge in [-0.05, 0) is 44.9 Å². The first-order valence-corrected chi connectivity index (χ1v) is 21.4. The number of hydrogen-bond donors (Lipinski definition) is 1. The summed E-state index contributed by atoms with van der Waals surface area (Å²) in [5.41, 5.74) is 0. The van der Waals surface area contributed by atoms with E-state index in [9.17, 15) is 14.7 Å². The average Bonchev–Trinajstić information content (AvgIpc) is 3.10. The molecule has 0 aliphatic carbocycles. The molecule has 288 valence electrons. The van der Waals surface area contributed by atoms with Crippen LogP contribution in [0.15, 0.2) is 24.3 Å². The van der Waals surface area contributed by atoms with Gasteiger partial charge in [-0.2, -0.15) is 0 Å². The molecule has 0 saturated heterocycles. The third-order valence-corrected chi connectivity index (χ3v) is 9.50. The Morgan fingerprint density at radius 1 is 0.469 bits per heavy atom. The molecule has 0 bridgehead atoms. The monoisotopic (exact) mass is 691 g/mol. The second kappa shape index (κ2) is 40.8. The lowest BCUT2D eigenvalue weighted by molar-refractivity contribution is -0.161. The number of hydrogen-bond acceptors (Lipinski definition) is 5. The molecule has 0 fully saturated rings. The number of carbonyl (C=O) groups excluding carboxylic acids is 2. The van der Waals surface area contributed by atoms with E-state index in [1.165, 1.54) is 154 Å². The van der Waals surface area contributed by atoms with Crippen LogP contribution in [0.2, 0.25) is 0 Å². The lowest BCUT2D eigenvalue weighted by atomic mass is 10.0. The van der Waals surface area contributed by atoms with Gasteiger partial charge in [-0.1, -0.05) is 192 Å². The molecule has 49 heavy (non-hydrogen) atoms. The minimum Gasteiger partial charge on any atom is -0.462 e. The number of carbonyl (C=O) groups is 2. The van der Waals surface area contributed by atoms with Crippen LogP contribution in [0.25, 0.3) is 0 Å². The van der Waals surface area contributed by atoms with Gasteiger partial charge in [0.05, 0.1) is 6.61 Å². The molecule has 0 aromatic heterocycles. The summed E-state index contributed by atoms with van der Waals surface area (Å²) < 4.78 is 10.6. The van der Waals surface area contributed by atoms with E-state index in [2.05, 4.69) is 38.2 Å². The Morgan fingerprint density at radius 2 is 0.816 bits per heavy atom. The number of esters is 2. The topological polar surface area (TPSA) is 72.8 Å². The molecule has 0 aliphatic heterocycles. The molecule has 0 radical (unpaired) electrons. The highest BCUT2D eigenvalue weighted by atomic mass is 16.6. The molecule has 0 aliphatic rings. The van der Waals surface area contributed by atoms with Crippen molar-refractivity contribution in [2.45, 2.75) is 232 Å². The Morgan fingerprint density at radius 3 is 1.24 bits per heavy atom. The van der Waals surface area contributed by atoms with Crippen LogP contribution in [0.1, 0.15) is 226 Å². The van der Waals surface area contributed by atoms with Gasteiger partial charge in [0.25, 0.3) is 0 Å². The van der Waals surface area contributed by atoms with Gasteiger partial charge >= 0.3 is 11.9 Å². The first-order chi connectivity index (χ1) is 24.1. The van der Waals surface area contributed by atoms with Crippen LogP contribution in [0.3, 0.4) is 0 Å². The van der Waals surface area contributed by atoms with Crippen molar-refractivity contribution in [1.29, 1.82) is 0 Å². The number of ether oxygens (including phenoxy) is 2. The maximum atomic E-state index is 12.2. The predicted molar refractivity (Wildman–Crippen MR) is 210 cm³/mol. The molecular weight excluding hydrogens is 608 g/mol. The number of aliphatic hydroxyl groups excluding tert-OH is 1. The van der Waals surface area contributed by atoms with Crippen LogP contribution in [-0.4, -0.2) is 36.4 Å². The second-order valence-corrected chi connectivity index (χ2v) is 14.4. The fourth-order valence-electron chi connectivity index (χ4n) is 6.23. The third kappa shape index (κ3) is 39.0. The van der Waals surface area contributed by atoms with Crippen molar-refractivity contribution >= 4 is 11.9 Å². The first kappa shape index (κ1) is 47.4. The third-order valence-electron chi connectivity index (χ3n) is 9.50. The Balaban J connectivity index is 3.51. The van der Waals surface area contributed by atoms with Crippen molar-refractivity contribution in [3.05, 3.63) is 24.3 Å². The summed E-state index contributed by atoms with van der Waals surface area (Å²) in [5.74, 6) is -0.589. The van der Waals surface area contributed by atoms with E-state index < -0.39 is 6.10 Å². The summed E-state index contributed by atoms with van der Waals surface area (Å²) >= 11 is 0. The lowest BCUT2D eigenvalue weighted by Crippen LogP contribution is -2.28. The minimum absolute atomic E-state index is 0.0656. The van der Waals surface area contributed by atoms with E-state index in [0.29, 0.717) is 12.8 Å². The highest BCUT2D eigenvalue weighted by molar-refractivity contribution is 5.70. The molecule has 0 aromatic rings. The van der Waals surface area contributed by atoms with Gasteiger partial charge in [-0.15, -0.1) is 0 Å². The fourth-order valence-corrected chi connectivity index (χ4v) is 6.23. The number of rotatable bonds is 39. The summed E-state index contributed by atoms with van der Waals surface area (Å²) in [6.45, 7) is 4.13. The number of unbranched alkanes of at least 4 members (excludes halogenated alkanes) is 27. The molecule has 0 saturated carbocycles. The SMILES string of the molecule is CCCCC/C=C\C/C=C\CCCCCCCCCC(=O)OC[C@H](CO)OC(=O)CCCCCCCCCCCCCCCCCCCC. The van der Waals surface area contributed by atoms with Gasteiger partial charge in [0, 0.05) is 12.8 Å². The van der Waals surface area contributed by atoms with Crippen LogP contribution in [0.5, 0.6) is 0 Å². The zero-order valence-electron chi connectivity index (χ0n) is 32.7. The van der Waals surface area contributed by atoms with Crippen molar-refractivity contribution in [1.82, 2.24) is 0 Å². The smallest absolute Gasteiger partial charge is 0.306 e. The van der Waals surface area contributed by atoms with Crippen molar-refractivity contribution < 1.29 is 24.2 Å². The Kier molecular flexibility index (Phi) is 39.5. The molecule has 5 heteroatoms. The van der Waals surface area contributed by atoms with Crippen molar-refractivity contribution in [2.75, 3.05) is 13.2 Å². The average molecular weight is 691 g/mol. The summed E-state index contributed by atoms with van der Waals surface area (Å²) in [7, 11) is 0. The zero-order chi connectivity index (χ0) is 35.7. The maximum absolute atomic E-state index is 12.2. The molecule has 1 N–H and O–H groups in total. The summed E-state index contributed by atoms with van der Waals surface area (Å²) in [6, 6.07) is 0. The van der Waals surface area contributed by atoms with Crippen molar-refractivity contribution in [3.8, 4) is 0 Å². The summed E-state index contributed by atoms with van der Waals surface area (Å²) in [4.78, 5) is 24.3. The van der Waals surface area contributed by atoms with Gasteiger partial charge < -0.3 is 14.6 Å². The van der Waals surface area contributed by atoms with Crippen LogP contribution < -0.4 is 0 Å². The standard InChI is InChI=1S/C44H82O5/c1-3-5-7-9-11-13-15-17-19-21-23-25-27-29-31-33-35-37-39-44(47)49-42(40-45)41-48-43(46)38-36-34-32-30-28-26-24-22-20-18-16-14-12-10-8-6-4-2/h12,14,18,20,42,45H,3-11,13,15-17,19,21-41H2,1-2H3/b14-12-,20-18-/t42-/m0/s1. The Hall–Kier alpha value is -1.62. The lowest BCUT2D eigenvalue weighted by Gasteiger charge is -2.15. The van der Waals surface area contributed by atoms with Gasteiger partial charge in [0.15, 0.2) is 6.10 Å². The zero-order valence-corrected chi connectivity index (χ0v) is 32.7. The van der Waals surface area contributed by atoms with E-state index in [4.69, 9.17) is 9.47 Å². The summed E-state index contributed by atoms with van der Waals surface area (Å²) in [5, 5.41) is 9.57. The van der Waals surface area contributed by atoms with E-state index >= 15 is 0 Å². The van der Waals surface area contributed by atoms with E-state index in [-0.39, 0.29) is 25.2 Å². The van der Waals surface area contributed by atoms with E-state index in [1.54, 1.807) is 0 Å². The van der Waals surface area contributed by atoms with Gasteiger partial charge in [-0.25, -0.2) is 0 Å². The molecule has 0 aromatic carbocycles. The van der Waals surface area contributed by atoms with Crippen molar-refractivity contribution in [3.63, 3.8) is 0 Å². The van der Waals surface area contributed by atoms with Crippen LogP contribution in [-0.2, 0) is 19.1 Å². The number of allylic oxidation sites excluding steroid dienone is 4. The van der Waals surface area contributed by atoms with Gasteiger partial charge in [0.2, 0.25) is 0 Å². The minimum atomic E-state index is -0.770. The van der Waals surface area contributed by atoms with Crippen LogP contribution in [0, 0.1) is 0 Å². The van der Waals surface area contributed by atoms with Gasteiger partial charge in [-0.3, -0.25) is 9.59 Å². The highest BCUT2D eigenvalue weighted by Crippen LogP contribution is 2.15. The molecule has 0 unspecified atom stereocenters. The highest BCUT2D eigenvalue weighted by Gasteiger charge is 2.16. The van der Waals surface area contributed by atoms with Gasteiger partial charge in [0.1, 0.15) is 6.61 Å². The fraction of sp³-hybridized carbons (Fsp3) is 0.864. The van der Waals surface area contributed by atoms with Crippen molar-refractivity contribution in [2.24, 2.45) is 0 Å². The normalized spacial score (nSPS) is 12.3. The molecule has 0 amide bonds. The quantitative estimate of drug-likeness (QED) is 0.0395. The first-order valence-electron chi connectivity index (χ1n) is 21.4. The molecule has 0 rings (SSSR count). The molecule has 5 nitrogen and oxygen atoms in total. The Labute approximate surface area is 304 Å². The summed E-state index contributed by atoms with van der Waals surface area (Å²) in [6.07, 6.45) is 48.1. The van der Waals surface area contributed by atoms with Crippen LogP contribution in [0.4, 0.5) is 0 Å². The van der Waals surface area contributed by atoms with E-state index in [0.717, 1.165) is 44.9 Å². The van der Waals surface area contributed by atoms with Crippen LogP contribution >= 0.6 is 0 Å². The van der Waals surface area contributed by atoms with E-state index in [1.807, 2.05) is 0 Å². The molecule has 1 atom stereocenters. The number of aliphatic hydroxyl groups is 1. The second-order valence-electron chi connectivity index (χ2n) is 14.4. The predicted octanol–water partition coefficient (Wildman–Crippen LogP) is 13.5. The maximum Gasteiger partial charge on any atom is 0.306 e. The molecule has 0 heterocycles. The molecule has 0 spiro atoms. The largest absolute Gasteiger partial charge is 0.462 e. The Bertz CT molecular complexity index is 746.